The number of amides is 1. The van der Waals surface area contributed by atoms with E-state index in [0.29, 0.717) is 35.4 Å². The Morgan fingerprint density at radius 3 is 2.78 bits per heavy atom. The Hall–Kier alpha value is -3.09. The summed E-state index contributed by atoms with van der Waals surface area (Å²) in [5.41, 5.74) is 7.97. The Labute approximate surface area is 130 Å². The Balaban J connectivity index is 1.94. The highest BCUT2D eigenvalue weighted by molar-refractivity contribution is 6.06. The van der Waals surface area contributed by atoms with Crippen LogP contribution in [0.3, 0.4) is 0 Å². The van der Waals surface area contributed by atoms with E-state index in [9.17, 15) is 9.18 Å². The number of hydrogen-bond donors (Lipinski definition) is 1. The molecule has 2 aromatic carbocycles. The molecule has 0 saturated carbocycles. The summed E-state index contributed by atoms with van der Waals surface area (Å²) in [6.45, 7) is 0.801. The number of halogens is 1. The van der Waals surface area contributed by atoms with Crippen LogP contribution >= 0.6 is 0 Å². The summed E-state index contributed by atoms with van der Waals surface area (Å²) in [6, 6.07) is 11.5. The maximum Gasteiger partial charge on any atom is 0.414 e. The number of hydrogen-bond acceptors (Lipinski definition) is 4. The second-order valence-corrected chi connectivity index (χ2v) is 5.21. The quantitative estimate of drug-likeness (QED) is 0.789. The van der Waals surface area contributed by atoms with E-state index < -0.39 is 6.09 Å². The van der Waals surface area contributed by atoms with Crippen molar-refractivity contribution < 1.29 is 13.9 Å². The number of cyclic esters (lactones) is 1. The van der Waals surface area contributed by atoms with Crippen molar-refractivity contribution in [2.24, 2.45) is 0 Å². The number of nitrogens with two attached hydrogens (primary N) is 1. The van der Waals surface area contributed by atoms with Gasteiger partial charge < -0.3 is 10.5 Å². The number of anilines is 2. The Bertz CT molecular complexity index is 922. The van der Waals surface area contributed by atoms with Crippen LogP contribution in [0.15, 0.2) is 42.5 Å². The summed E-state index contributed by atoms with van der Waals surface area (Å²) in [4.78, 5) is 13.4. The molecule has 23 heavy (non-hydrogen) atoms. The first-order chi connectivity index (χ1) is 11.1. The summed E-state index contributed by atoms with van der Waals surface area (Å²) in [7, 11) is 0. The first-order valence-corrected chi connectivity index (χ1v) is 7.12. The molecule has 4 rings (SSSR count). The molecule has 0 bridgehead atoms. The van der Waals surface area contributed by atoms with Crippen molar-refractivity contribution in [2.75, 3.05) is 23.8 Å². The monoisotopic (exact) mass is 312 g/mol. The zero-order valence-corrected chi connectivity index (χ0v) is 12.1. The number of fused-ring (bicyclic) bond motifs is 1. The normalized spacial score (nSPS) is 14.5. The van der Waals surface area contributed by atoms with Gasteiger partial charge in [-0.2, -0.15) is 0 Å². The van der Waals surface area contributed by atoms with Gasteiger partial charge in [-0.05, 0) is 30.3 Å². The summed E-state index contributed by atoms with van der Waals surface area (Å²) >= 11 is 0. The Kier molecular flexibility index (Phi) is 2.94. The van der Waals surface area contributed by atoms with Gasteiger partial charge in [-0.3, -0.25) is 4.90 Å². The maximum absolute atomic E-state index is 13.5. The van der Waals surface area contributed by atoms with Crippen molar-refractivity contribution in [3.05, 3.63) is 48.3 Å². The smallest absolute Gasteiger partial charge is 0.414 e. The van der Waals surface area contributed by atoms with E-state index in [1.165, 1.54) is 17.0 Å². The summed E-state index contributed by atoms with van der Waals surface area (Å²) in [5, 5.41) is 4.96. The van der Waals surface area contributed by atoms with Crippen LogP contribution in [0.2, 0.25) is 0 Å². The molecule has 2 N–H and O–H groups in total. The predicted molar refractivity (Wildman–Crippen MR) is 84.1 cm³/mol. The molecule has 1 amide bonds. The lowest BCUT2D eigenvalue weighted by molar-refractivity contribution is 0.181. The zero-order valence-electron chi connectivity index (χ0n) is 12.1. The third-order valence-corrected chi connectivity index (χ3v) is 3.82. The molecule has 1 aliphatic rings. The van der Waals surface area contributed by atoms with Gasteiger partial charge in [-0.25, -0.2) is 13.9 Å². The van der Waals surface area contributed by atoms with Crippen LogP contribution in [0, 0.1) is 5.82 Å². The van der Waals surface area contributed by atoms with Gasteiger partial charge in [0.2, 0.25) is 0 Å². The standard InChI is InChI=1S/C16H13FN4O2/c17-10-3-1-4-11(9-10)21-13-6-2-5-12(14(13)15(18)19-21)20-7-8-23-16(20)22/h1-6,9H,7-8H2,(H2,18,19). The fraction of sp³-hybridized carbons (Fsp3) is 0.125. The second-order valence-electron chi connectivity index (χ2n) is 5.21. The first-order valence-electron chi connectivity index (χ1n) is 7.12. The average Bonchev–Trinajstić information content (AvgIpc) is 3.11. The summed E-state index contributed by atoms with van der Waals surface area (Å²) in [6.07, 6.45) is -0.407. The topological polar surface area (TPSA) is 73.4 Å². The fourth-order valence-corrected chi connectivity index (χ4v) is 2.82. The van der Waals surface area contributed by atoms with Crippen molar-refractivity contribution in [3.8, 4) is 5.69 Å². The van der Waals surface area contributed by atoms with Crippen LogP contribution in [0.25, 0.3) is 16.6 Å². The van der Waals surface area contributed by atoms with E-state index in [0.717, 1.165) is 0 Å². The molecule has 1 saturated heterocycles. The van der Waals surface area contributed by atoms with E-state index >= 15 is 0 Å². The highest BCUT2D eigenvalue weighted by atomic mass is 19.1. The molecule has 3 aromatic rings. The number of nitrogens with zero attached hydrogens (tertiary/aromatic N) is 3. The highest BCUT2D eigenvalue weighted by Crippen LogP contribution is 2.34. The van der Waals surface area contributed by atoms with E-state index in [-0.39, 0.29) is 11.6 Å². The molecule has 6 nitrogen and oxygen atoms in total. The lowest BCUT2D eigenvalue weighted by atomic mass is 10.2. The van der Waals surface area contributed by atoms with Crippen LogP contribution in [0.4, 0.5) is 20.7 Å². The van der Waals surface area contributed by atoms with Gasteiger partial charge in [-0.1, -0.05) is 12.1 Å². The van der Waals surface area contributed by atoms with Crippen LogP contribution in [-0.2, 0) is 4.74 Å². The lowest BCUT2D eigenvalue weighted by Gasteiger charge is -2.14. The number of benzene rings is 2. The average molecular weight is 312 g/mol. The van der Waals surface area contributed by atoms with Crippen molar-refractivity contribution in [1.82, 2.24) is 9.78 Å². The molecule has 0 unspecified atom stereocenters. The SMILES string of the molecule is Nc1nn(-c2cccc(F)c2)c2cccc(N3CCOC3=O)c12. The van der Waals surface area contributed by atoms with Crippen molar-refractivity contribution in [2.45, 2.75) is 0 Å². The molecule has 0 atom stereocenters. The number of carbonyl (C=O) groups excluding carboxylic acids is 1. The minimum Gasteiger partial charge on any atom is -0.447 e. The van der Waals surface area contributed by atoms with Crippen LogP contribution in [-0.4, -0.2) is 29.0 Å². The third-order valence-electron chi connectivity index (χ3n) is 3.82. The first kappa shape index (κ1) is 13.6. The molecule has 1 fully saturated rings. The molecule has 0 aliphatic carbocycles. The van der Waals surface area contributed by atoms with E-state index in [4.69, 9.17) is 10.5 Å². The van der Waals surface area contributed by atoms with Crippen LogP contribution in [0.1, 0.15) is 0 Å². The molecule has 0 spiro atoms. The number of ether oxygens (including phenoxy) is 1. The van der Waals surface area contributed by atoms with Gasteiger partial charge in [0.1, 0.15) is 12.4 Å². The van der Waals surface area contributed by atoms with Crippen molar-refractivity contribution >= 4 is 28.5 Å². The zero-order chi connectivity index (χ0) is 16.0. The van der Waals surface area contributed by atoms with Gasteiger partial charge in [0, 0.05) is 0 Å². The van der Waals surface area contributed by atoms with Gasteiger partial charge in [0.25, 0.3) is 0 Å². The second kappa shape index (κ2) is 4.98. The number of carbonyl (C=O) groups is 1. The minimum absolute atomic E-state index is 0.277. The highest BCUT2D eigenvalue weighted by Gasteiger charge is 2.27. The maximum atomic E-state index is 13.5. The summed E-state index contributed by atoms with van der Waals surface area (Å²) in [5.74, 6) is -0.0800. The molecule has 1 aliphatic heterocycles. The molecule has 1 aromatic heterocycles. The molecule has 2 heterocycles. The molecular formula is C16H13FN4O2. The predicted octanol–water partition coefficient (Wildman–Crippen LogP) is 2.70. The lowest BCUT2D eigenvalue weighted by Crippen LogP contribution is -2.23. The molecule has 0 radical (unpaired) electrons. The van der Waals surface area contributed by atoms with E-state index in [2.05, 4.69) is 5.10 Å². The van der Waals surface area contributed by atoms with Gasteiger partial charge in [0.15, 0.2) is 5.82 Å². The van der Waals surface area contributed by atoms with Crippen molar-refractivity contribution in [1.29, 1.82) is 0 Å². The number of rotatable bonds is 2. The largest absolute Gasteiger partial charge is 0.447 e. The van der Waals surface area contributed by atoms with Gasteiger partial charge in [0.05, 0.1) is 28.8 Å². The Morgan fingerprint density at radius 1 is 1.22 bits per heavy atom. The third kappa shape index (κ3) is 2.09. The Morgan fingerprint density at radius 2 is 2.04 bits per heavy atom. The molecular weight excluding hydrogens is 299 g/mol. The fourth-order valence-electron chi connectivity index (χ4n) is 2.82. The van der Waals surface area contributed by atoms with Crippen molar-refractivity contribution in [3.63, 3.8) is 0 Å². The van der Waals surface area contributed by atoms with E-state index in [1.54, 1.807) is 28.9 Å². The van der Waals surface area contributed by atoms with Gasteiger partial charge >= 0.3 is 6.09 Å². The number of nitrogen functional groups attached to an aromatic ring is 1. The van der Waals surface area contributed by atoms with Gasteiger partial charge in [-0.15, -0.1) is 5.10 Å². The summed E-state index contributed by atoms with van der Waals surface area (Å²) < 4.78 is 20.0. The molecule has 7 heteroatoms. The van der Waals surface area contributed by atoms with Crippen LogP contribution < -0.4 is 10.6 Å². The van der Waals surface area contributed by atoms with E-state index in [1.807, 2.05) is 6.07 Å². The molecule has 116 valence electrons. The number of aromatic nitrogens is 2. The minimum atomic E-state index is -0.407. The van der Waals surface area contributed by atoms with Crippen LogP contribution in [0.5, 0.6) is 0 Å².